The van der Waals surface area contributed by atoms with Crippen molar-refractivity contribution in [1.29, 1.82) is 0 Å². The summed E-state index contributed by atoms with van der Waals surface area (Å²) >= 11 is 0. The number of hydrogen-bond donors (Lipinski definition) is 2. The fourth-order valence-electron chi connectivity index (χ4n) is 3.66. The molecule has 1 aromatic heterocycles. The van der Waals surface area contributed by atoms with Crippen molar-refractivity contribution >= 4 is 5.91 Å². The summed E-state index contributed by atoms with van der Waals surface area (Å²) in [6, 6.07) is 8.90. The Morgan fingerprint density at radius 1 is 1.33 bits per heavy atom. The van der Waals surface area contributed by atoms with Gasteiger partial charge in [0.1, 0.15) is 5.76 Å². The number of halogens is 1. The van der Waals surface area contributed by atoms with E-state index >= 15 is 0 Å². The van der Waals surface area contributed by atoms with Gasteiger partial charge in [0.2, 0.25) is 0 Å². The summed E-state index contributed by atoms with van der Waals surface area (Å²) in [6.45, 7) is 0. The van der Waals surface area contributed by atoms with Gasteiger partial charge in [-0.25, -0.2) is 4.39 Å². The van der Waals surface area contributed by atoms with Crippen LogP contribution in [0.4, 0.5) is 4.39 Å². The summed E-state index contributed by atoms with van der Waals surface area (Å²) in [6.07, 6.45) is 3.25. The molecular weight excluding hydrogens is 311 g/mol. The maximum absolute atomic E-state index is 13.8. The number of carbonyl (C=O) groups is 1. The molecule has 0 unspecified atom stereocenters. The Hall–Kier alpha value is -2.34. The van der Waals surface area contributed by atoms with E-state index in [0.29, 0.717) is 23.4 Å². The minimum Gasteiger partial charge on any atom is -0.494 e. The molecule has 0 radical (unpaired) electrons. The molecule has 5 nitrogen and oxygen atoms in total. The topological polar surface area (TPSA) is 63.5 Å². The van der Waals surface area contributed by atoms with Crippen LogP contribution in [0.25, 0.3) is 11.3 Å². The van der Waals surface area contributed by atoms with Crippen LogP contribution in [-0.2, 0) is 0 Å². The molecule has 2 aromatic rings. The fourth-order valence-corrected chi connectivity index (χ4v) is 3.66. The van der Waals surface area contributed by atoms with E-state index in [0.717, 1.165) is 12.8 Å². The molecule has 0 saturated carbocycles. The molecule has 2 bridgehead atoms. The molecule has 0 spiro atoms. The van der Waals surface area contributed by atoms with Gasteiger partial charge in [-0.1, -0.05) is 0 Å². The smallest absolute Gasteiger partial charge is 0.287 e. The van der Waals surface area contributed by atoms with E-state index < -0.39 is 5.82 Å². The molecule has 2 fully saturated rings. The first-order chi connectivity index (χ1) is 11.6. The Morgan fingerprint density at radius 2 is 2.21 bits per heavy atom. The van der Waals surface area contributed by atoms with E-state index in [1.54, 1.807) is 18.2 Å². The van der Waals surface area contributed by atoms with Crippen LogP contribution in [0.5, 0.6) is 5.75 Å². The summed E-state index contributed by atoms with van der Waals surface area (Å²) in [5, 5.41) is 6.52. The lowest BCUT2D eigenvalue weighted by Gasteiger charge is -2.20. The van der Waals surface area contributed by atoms with Crippen molar-refractivity contribution in [1.82, 2.24) is 10.6 Å². The summed E-state index contributed by atoms with van der Waals surface area (Å²) in [4.78, 5) is 12.4. The van der Waals surface area contributed by atoms with Crippen molar-refractivity contribution in [3.05, 3.63) is 41.9 Å². The van der Waals surface area contributed by atoms with Crippen molar-refractivity contribution in [3.63, 3.8) is 0 Å². The van der Waals surface area contributed by atoms with Crippen molar-refractivity contribution in [2.75, 3.05) is 7.11 Å². The molecule has 6 heteroatoms. The zero-order chi connectivity index (χ0) is 16.7. The summed E-state index contributed by atoms with van der Waals surface area (Å²) in [7, 11) is 1.41. The Labute approximate surface area is 139 Å². The number of nitrogens with one attached hydrogen (secondary N) is 2. The van der Waals surface area contributed by atoms with Gasteiger partial charge in [-0.05, 0) is 49.6 Å². The second kappa shape index (κ2) is 5.94. The Bertz CT molecular complexity index is 773. The van der Waals surface area contributed by atoms with Crippen molar-refractivity contribution in [2.45, 2.75) is 37.4 Å². The molecule has 24 heavy (non-hydrogen) atoms. The van der Waals surface area contributed by atoms with E-state index in [2.05, 4.69) is 10.6 Å². The molecule has 3 atom stereocenters. The quantitative estimate of drug-likeness (QED) is 0.905. The molecule has 126 valence electrons. The molecule has 0 aliphatic carbocycles. The van der Waals surface area contributed by atoms with Crippen LogP contribution < -0.4 is 15.4 Å². The Kier molecular flexibility index (Phi) is 3.76. The monoisotopic (exact) mass is 330 g/mol. The van der Waals surface area contributed by atoms with Crippen molar-refractivity contribution in [3.8, 4) is 17.1 Å². The number of rotatable bonds is 4. The third-order valence-corrected chi connectivity index (χ3v) is 4.88. The largest absolute Gasteiger partial charge is 0.494 e. The molecule has 2 aliphatic rings. The van der Waals surface area contributed by atoms with Crippen LogP contribution >= 0.6 is 0 Å². The van der Waals surface area contributed by atoms with Crippen LogP contribution in [-0.4, -0.2) is 31.1 Å². The van der Waals surface area contributed by atoms with Gasteiger partial charge in [0.25, 0.3) is 5.91 Å². The maximum atomic E-state index is 13.8. The molecular formula is C18H19FN2O3. The first-order valence-electron chi connectivity index (χ1n) is 8.14. The Morgan fingerprint density at radius 3 is 2.88 bits per heavy atom. The molecule has 4 rings (SSSR count). The van der Waals surface area contributed by atoms with E-state index in [1.807, 2.05) is 0 Å². The summed E-state index contributed by atoms with van der Waals surface area (Å²) < 4.78 is 24.3. The molecule has 3 heterocycles. The number of carbonyl (C=O) groups excluding carboxylic acids is 1. The number of furan rings is 1. The highest BCUT2D eigenvalue weighted by atomic mass is 19.1. The van der Waals surface area contributed by atoms with Gasteiger partial charge in [0, 0.05) is 23.7 Å². The number of hydrogen-bond acceptors (Lipinski definition) is 4. The minimum atomic E-state index is -0.467. The van der Waals surface area contributed by atoms with Crippen LogP contribution in [0.2, 0.25) is 0 Å². The van der Waals surface area contributed by atoms with E-state index in [9.17, 15) is 9.18 Å². The molecule has 1 aromatic carbocycles. The van der Waals surface area contributed by atoms with Crippen LogP contribution in [0.15, 0.2) is 34.7 Å². The highest BCUT2D eigenvalue weighted by molar-refractivity contribution is 5.92. The highest BCUT2D eigenvalue weighted by Gasteiger charge is 2.39. The van der Waals surface area contributed by atoms with Gasteiger partial charge in [-0.2, -0.15) is 0 Å². The average molecular weight is 330 g/mol. The molecule has 2 aliphatic heterocycles. The number of benzene rings is 1. The molecule has 1 amide bonds. The zero-order valence-electron chi connectivity index (χ0n) is 13.3. The van der Waals surface area contributed by atoms with Crippen molar-refractivity contribution < 1.29 is 18.3 Å². The van der Waals surface area contributed by atoms with E-state index in [-0.39, 0.29) is 23.5 Å². The first-order valence-corrected chi connectivity index (χ1v) is 8.14. The van der Waals surface area contributed by atoms with Crippen LogP contribution in [0.1, 0.15) is 29.8 Å². The lowest BCUT2D eigenvalue weighted by Crippen LogP contribution is -2.42. The second-order valence-corrected chi connectivity index (χ2v) is 6.38. The third-order valence-electron chi connectivity index (χ3n) is 4.88. The van der Waals surface area contributed by atoms with Crippen LogP contribution in [0.3, 0.4) is 0 Å². The standard InChI is InChI=1S/C18H19FN2O3/c1-23-16-5-2-10(8-12(16)19)15-6-7-17(24-15)18(22)21-14-9-11-3-4-13(14)20-11/h2,5-8,11,13-14,20H,3-4,9H2,1H3,(H,21,22)/t11-,13+,14-/m1/s1. The number of amides is 1. The third kappa shape index (κ3) is 2.67. The predicted molar refractivity (Wildman–Crippen MR) is 86.5 cm³/mol. The predicted octanol–water partition coefficient (Wildman–Crippen LogP) is 2.72. The SMILES string of the molecule is COc1ccc(-c2ccc(C(=O)N[C@@H]3C[C@H]4CC[C@@H]3N4)o2)cc1F. The summed E-state index contributed by atoms with van der Waals surface area (Å²) in [5.74, 6) is 0.170. The summed E-state index contributed by atoms with van der Waals surface area (Å²) in [5.41, 5.74) is 0.564. The van der Waals surface area contributed by atoms with Gasteiger partial charge in [-0.15, -0.1) is 0 Å². The number of methoxy groups -OCH3 is 1. The van der Waals surface area contributed by atoms with Gasteiger partial charge in [0.05, 0.1) is 7.11 Å². The van der Waals surface area contributed by atoms with E-state index in [4.69, 9.17) is 9.15 Å². The van der Waals surface area contributed by atoms with Gasteiger partial charge in [0.15, 0.2) is 17.3 Å². The van der Waals surface area contributed by atoms with Crippen LogP contribution in [0, 0.1) is 5.82 Å². The van der Waals surface area contributed by atoms with Gasteiger partial charge >= 0.3 is 0 Å². The van der Waals surface area contributed by atoms with Gasteiger partial charge in [-0.3, -0.25) is 4.79 Å². The zero-order valence-corrected chi connectivity index (χ0v) is 13.3. The Balaban J connectivity index is 1.48. The van der Waals surface area contributed by atoms with Crippen molar-refractivity contribution in [2.24, 2.45) is 0 Å². The lowest BCUT2D eigenvalue weighted by atomic mass is 9.95. The highest BCUT2D eigenvalue weighted by Crippen LogP contribution is 2.29. The fraction of sp³-hybridized carbons (Fsp3) is 0.389. The number of ether oxygens (including phenoxy) is 1. The second-order valence-electron chi connectivity index (χ2n) is 6.38. The lowest BCUT2D eigenvalue weighted by molar-refractivity contribution is 0.0903. The average Bonchev–Trinajstić information content (AvgIpc) is 3.31. The normalized spacial score (nSPS) is 25.0. The molecule has 2 saturated heterocycles. The number of fused-ring (bicyclic) bond motifs is 2. The van der Waals surface area contributed by atoms with E-state index in [1.165, 1.54) is 25.7 Å². The first kappa shape index (κ1) is 15.2. The van der Waals surface area contributed by atoms with Gasteiger partial charge < -0.3 is 19.8 Å². The maximum Gasteiger partial charge on any atom is 0.287 e. The minimum absolute atomic E-state index is 0.156. The molecule has 2 N–H and O–H groups in total.